The van der Waals surface area contributed by atoms with E-state index in [0.29, 0.717) is 0 Å². The zero-order valence-corrected chi connectivity index (χ0v) is 9.68. The van der Waals surface area contributed by atoms with Crippen molar-refractivity contribution in [3.05, 3.63) is 0 Å². The van der Waals surface area contributed by atoms with Gasteiger partial charge in [0.2, 0.25) is 5.91 Å². The molecule has 0 aromatic rings. The Balaban J connectivity index is 2.35. The first-order valence-corrected chi connectivity index (χ1v) is 6.21. The summed E-state index contributed by atoms with van der Waals surface area (Å²) < 4.78 is 0. The molecular weight excluding hydrogens is 228 g/mol. The van der Waals surface area contributed by atoms with Crippen LogP contribution in [0.2, 0.25) is 0 Å². The van der Waals surface area contributed by atoms with Gasteiger partial charge in [-0.25, -0.2) is 0 Å². The van der Waals surface area contributed by atoms with Crippen LogP contribution < -0.4 is 5.32 Å². The third-order valence-electron chi connectivity index (χ3n) is 2.60. The Morgan fingerprint density at radius 2 is 2.19 bits per heavy atom. The fourth-order valence-corrected chi connectivity index (χ4v) is 2.21. The first-order chi connectivity index (χ1) is 7.58. The van der Waals surface area contributed by atoms with Crippen LogP contribution in [-0.2, 0) is 9.59 Å². The van der Waals surface area contributed by atoms with Gasteiger partial charge in [0, 0.05) is 0 Å². The second-order valence-corrected chi connectivity index (χ2v) is 4.89. The first kappa shape index (κ1) is 12.8. The molecule has 0 aromatic carbocycles. The smallest absolute Gasteiger partial charge is 0.305 e. The van der Waals surface area contributed by atoms with E-state index < -0.39 is 11.5 Å². The molecule has 0 aliphatic heterocycles. The van der Waals surface area contributed by atoms with E-state index in [9.17, 15) is 9.59 Å². The zero-order chi connectivity index (χ0) is 12.0. The molecule has 0 spiro atoms. The maximum absolute atomic E-state index is 11.5. The Morgan fingerprint density at radius 1 is 1.50 bits per heavy atom. The Bertz CT molecular complexity index is 321. The standard InChI is InChI=1S/C10H14N2O3S/c11-4-5-16-7-8(13)12-10(2-1-3-10)6-9(14)15/h1-3,5-7H2,(H,12,13)(H,14,15). The van der Waals surface area contributed by atoms with Crippen molar-refractivity contribution >= 4 is 23.6 Å². The molecule has 0 aromatic heterocycles. The van der Waals surface area contributed by atoms with E-state index in [2.05, 4.69) is 5.32 Å². The number of nitrogens with zero attached hydrogens (tertiary/aromatic N) is 1. The van der Waals surface area contributed by atoms with Crippen LogP contribution >= 0.6 is 11.8 Å². The molecule has 0 atom stereocenters. The molecule has 5 nitrogen and oxygen atoms in total. The number of thioether (sulfide) groups is 1. The van der Waals surface area contributed by atoms with Crippen molar-refractivity contribution in [1.29, 1.82) is 5.26 Å². The van der Waals surface area contributed by atoms with Crippen molar-refractivity contribution in [3.63, 3.8) is 0 Å². The fourth-order valence-electron chi connectivity index (χ4n) is 1.76. The highest BCUT2D eigenvalue weighted by atomic mass is 32.2. The average Bonchev–Trinajstić information content (AvgIpc) is 2.14. The lowest BCUT2D eigenvalue weighted by Crippen LogP contribution is -2.55. The number of nitriles is 1. The summed E-state index contributed by atoms with van der Waals surface area (Å²) >= 11 is 1.23. The van der Waals surface area contributed by atoms with Crippen LogP contribution in [0.1, 0.15) is 25.7 Å². The van der Waals surface area contributed by atoms with Crippen LogP contribution in [0.15, 0.2) is 0 Å². The molecule has 6 heteroatoms. The van der Waals surface area contributed by atoms with Crippen LogP contribution in [0.5, 0.6) is 0 Å². The molecule has 1 fully saturated rings. The molecule has 16 heavy (non-hydrogen) atoms. The molecule has 88 valence electrons. The highest BCUT2D eigenvalue weighted by molar-refractivity contribution is 8.00. The Labute approximate surface area is 98.2 Å². The minimum atomic E-state index is -0.885. The normalized spacial score (nSPS) is 16.9. The number of carbonyl (C=O) groups is 2. The summed E-state index contributed by atoms with van der Waals surface area (Å²) in [7, 11) is 0. The van der Waals surface area contributed by atoms with Crippen molar-refractivity contribution in [2.24, 2.45) is 0 Å². The van der Waals surface area contributed by atoms with Gasteiger partial charge < -0.3 is 10.4 Å². The molecule has 0 radical (unpaired) electrons. The van der Waals surface area contributed by atoms with E-state index in [0.717, 1.165) is 19.3 Å². The molecule has 1 aliphatic carbocycles. The largest absolute Gasteiger partial charge is 0.481 e. The van der Waals surface area contributed by atoms with Gasteiger partial charge >= 0.3 is 5.97 Å². The third kappa shape index (κ3) is 3.74. The number of rotatable bonds is 6. The van der Waals surface area contributed by atoms with E-state index in [1.165, 1.54) is 11.8 Å². The van der Waals surface area contributed by atoms with Gasteiger partial charge in [-0.05, 0) is 19.3 Å². The van der Waals surface area contributed by atoms with Gasteiger partial charge in [0.25, 0.3) is 0 Å². The number of carboxylic acid groups (broad SMARTS) is 1. The summed E-state index contributed by atoms with van der Waals surface area (Å²) in [5, 5.41) is 19.8. The number of amides is 1. The van der Waals surface area contributed by atoms with Gasteiger partial charge in [0.05, 0.1) is 29.5 Å². The van der Waals surface area contributed by atoms with E-state index in [4.69, 9.17) is 10.4 Å². The molecule has 0 heterocycles. The maximum Gasteiger partial charge on any atom is 0.305 e. The monoisotopic (exact) mass is 242 g/mol. The minimum Gasteiger partial charge on any atom is -0.481 e. The van der Waals surface area contributed by atoms with Gasteiger partial charge in [-0.1, -0.05) is 0 Å². The van der Waals surface area contributed by atoms with E-state index in [-0.39, 0.29) is 23.8 Å². The summed E-state index contributed by atoms with van der Waals surface area (Å²) in [6, 6.07) is 1.93. The third-order valence-corrected chi connectivity index (χ3v) is 3.40. The fraction of sp³-hybridized carbons (Fsp3) is 0.700. The zero-order valence-electron chi connectivity index (χ0n) is 8.86. The van der Waals surface area contributed by atoms with Gasteiger partial charge in [-0.15, -0.1) is 11.8 Å². The minimum absolute atomic E-state index is 0.0122. The van der Waals surface area contributed by atoms with Crippen molar-refractivity contribution in [2.75, 3.05) is 11.5 Å². The van der Waals surface area contributed by atoms with E-state index in [1.54, 1.807) is 0 Å². The van der Waals surface area contributed by atoms with Crippen LogP contribution in [0.3, 0.4) is 0 Å². The predicted octanol–water partition coefficient (Wildman–Crippen LogP) is 0.757. The number of nitrogens with one attached hydrogen (secondary N) is 1. The SMILES string of the molecule is N#CCSCC(=O)NC1(CC(=O)O)CCC1. The molecule has 1 saturated carbocycles. The molecule has 0 unspecified atom stereocenters. The Morgan fingerprint density at radius 3 is 2.62 bits per heavy atom. The lowest BCUT2D eigenvalue weighted by atomic mass is 9.74. The van der Waals surface area contributed by atoms with Crippen molar-refractivity contribution < 1.29 is 14.7 Å². The Kier molecular flexibility index (Phi) is 4.62. The van der Waals surface area contributed by atoms with Crippen LogP contribution in [0.4, 0.5) is 0 Å². The second kappa shape index (κ2) is 5.75. The highest BCUT2D eigenvalue weighted by Gasteiger charge is 2.40. The quantitative estimate of drug-likeness (QED) is 0.671. The summed E-state index contributed by atoms with van der Waals surface area (Å²) in [6.45, 7) is 0. The molecule has 1 amide bonds. The van der Waals surface area contributed by atoms with Crippen LogP contribution in [0, 0.1) is 11.3 Å². The van der Waals surface area contributed by atoms with Gasteiger partial charge in [-0.2, -0.15) is 5.26 Å². The number of aliphatic carboxylic acids is 1. The van der Waals surface area contributed by atoms with Gasteiger partial charge in [-0.3, -0.25) is 9.59 Å². The highest BCUT2D eigenvalue weighted by Crippen LogP contribution is 2.34. The van der Waals surface area contributed by atoms with Crippen LogP contribution in [0.25, 0.3) is 0 Å². The number of hydrogen-bond donors (Lipinski definition) is 2. The van der Waals surface area contributed by atoms with Crippen molar-refractivity contribution in [1.82, 2.24) is 5.32 Å². The van der Waals surface area contributed by atoms with Gasteiger partial charge in [0.1, 0.15) is 0 Å². The lowest BCUT2D eigenvalue weighted by molar-refractivity contribution is -0.140. The van der Waals surface area contributed by atoms with E-state index >= 15 is 0 Å². The lowest BCUT2D eigenvalue weighted by Gasteiger charge is -2.41. The molecule has 1 rings (SSSR count). The van der Waals surface area contributed by atoms with E-state index in [1.807, 2.05) is 6.07 Å². The molecule has 0 bridgehead atoms. The number of hydrogen-bond acceptors (Lipinski definition) is 4. The van der Waals surface area contributed by atoms with Crippen molar-refractivity contribution in [2.45, 2.75) is 31.2 Å². The molecular formula is C10H14N2O3S. The summed E-state index contributed by atoms with van der Waals surface area (Å²) in [5.41, 5.74) is -0.532. The molecule has 0 saturated heterocycles. The molecule has 1 aliphatic rings. The predicted molar refractivity (Wildman–Crippen MR) is 59.9 cm³/mol. The Hall–Kier alpha value is -1.22. The maximum atomic E-state index is 11.5. The summed E-state index contributed by atoms with van der Waals surface area (Å²) in [4.78, 5) is 22.1. The van der Waals surface area contributed by atoms with Crippen LogP contribution in [-0.4, -0.2) is 34.0 Å². The number of carbonyl (C=O) groups excluding carboxylic acids is 1. The summed E-state index contributed by atoms with van der Waals surface area (Å²) in [6.07, 6.45) is 2.41. The van der Waals surface area contributed by atoms with Gasteiger partial charge in [0.15, 0.2) is 0 Å². The molecule has 2 N–H and O–H groups in total. The summed E-state index contributed by atoms with van der Waals surface area (Å²) in [5.74, 6) is -0.570. The average molecular weight is 242 g/mol. The topological polar surface area (TPSA) is 90.2 Å². The second-order valence-electron chi connectivity index (χ2n) is 3.90. The first-order valence-electron chi connectivity index (χ1n) is 5.05. The number of carboxylic acids is 1. The van der Waals surface area contributed by atoms with Crippen molar-refractivity contribution in [3.8, 4) is 6.07 Å².